The van der Waals surface area contributed by atoms with E-state index in [2.05, 4.69) is 30.6 Å². The predicted molar refractivity (Wildman–Crippen MR) is 66.6 cm³/mol. The summed E-state index contributed by atoms with van der Waals surface area (Å²) in [5, 5.41) is 5.68. The number of ether oxygens (including phenoxy) is 1. The van der Waals surface area contributed by atoms with Gasteiger partial charge in [-0.3, -0.25) is 0 Å². The average Bonchev–Trinajstić information content (AvgIpc) is 2.65. The lowest BCUT2D eigenvalue weighted by Gasteiger charge is -2.18. The van der Waals surface area contributed by atoms with Crippen molar-refractivity contribution in [1.82, 2.24) is 5.32 Å². The molecule has 0 aliphatic rings. The fourth-order valence-corrected chi connectivity index (χ4v) is 2.33. The summed E-state index contributed by atoms with van der Waals surface area (Å²) in [4.78, 5) is 1.39. The first-order chi connectivity index (χ1) is 7.29. The van der Waals surface area contributed by atoms with Gasteiger partial charge in [0, 0.05) is 11.5 Å². The maximum Gasteiger partial charge on any atom is 0.0661 e. The lowest BCUT2D eigenvalue weighted by Crippen LogP contribution is -2.26. The molecule has 2 nitrogen and oxygen atoms in total. The van der Waals surface area contributed by atoms with E-state index >= 15 is 0 Å². The molecule has 1 unspecified atom stereocenters. The minimum atomic E-state index is 0.358. The topological polar surface area (TPSA) is 21.3 Å². The second-order valence-corrected chi connectivity index (χ2v) is 4.72. The van der Waals surface area contributed by atoms with Gasteiger partial charge in [-0.2, -0.15) is 0 Å². The highest BCUT2D eigenvalue weighted by Crippen LogP contribution is 2.22. The average molecular weight is 227 g/mol. The minimum Gasteiger partial charge on any atom is -0.380 e. The second-order valence-electron chi connectivity index (χ2n) is 3.60. The van der Waals surface area contributed by atoms with Gasteiger partial charge in [-0.15, -0.1) is 11.3 Å². The highest BCUT2D eigenvalue weighted by molar-refractivity contribution is 7.10. The molecule has 0 saturated heterocycles. The highest BCUT2D eigenvalue weighted by atomic mass is 32.1. The normalized spacial score (nSPS) is 13.0. The summed E-state index contributed by atoms with van der Waals surface area (Å²) >= 11 is 1.80. The van der Waals surface area contributed by atoms with Crippen molar-refractivity contribution >= 4 is 11.3 Å². The van der Waals surface area contributed by atoms with Crippen molar-refractivity contribution in [2.75, 3.05) is 19.8 Å². The number of rotatable bonds is 7. The standard InChI is InChI=1S/C12H21NOS/c1-4-7-13-12(9-14-5-2)11-6-8-15-10(11)3/h6,8,12-13H,4-5,7,9H2,1-3H3. The van der Waals surface area contributed by atoms with E-state index in [0.29, 0.717) is 6.04 Å². The van der Waals surface area contributed by atoms with E-state index in [-0.39, 0.29) is 0 Å². The van der Waals surface area contributed by atoms with Crippen molar-refractivity contribution in [2.45, 2.75) is 33.2 Å². The SMILES string of the molecule is CCCNC(COCC)c1ccsc1C. The van der Waals surface area contributed by atoms with Gasteiger partial charge in [0.25, 0.3) is 0 Å². The molecular weight excluding hydrogens is 206 g/mol. The Morgan fingerprint density at radius 3 is 2.80 bits per heavy atom. The maximum absolute atomic E-state index is 5.51. The molecule has 0 aliphatic heterocycles. The van der Waals surface area contributed by atoms with Crippen LogP contribution in [-0.4, -0.2) is 19.8 Å². The molecular formula is C12H21NOS. The summed E-state index contributed by atoms with van der Waals surface area (Å²) in [6.45, 7) is 9.00. The van der Waals surface area contributed by atoms with Gasteiger partial charge in [-0.25, -0.2) is 0 Å². The van der Waals surface area contributed by atoms with Crippen LogP contribution in [0.5, 0.6) is 0 Å². The Morgan fingerprint density at radius 1 is 1.47 bits per heavy atom. The zero-order valence-corrected chi connectivity index (χ0v) is 10.7. The Bertz CT molecular complexity index is 264. The van der Waals surface area contributed by atoms with Crippen molar-refractivity contribution < 1.29 is 4.74 Å². The van der Waals surface area contributed by atoms with Crippen molar-refractivity contribution in [3.63, 3.8) is 0 Å². The van der Waals surface area contributed by atoms with E-state index in [9.17, 15) is 0 Å². The largest absolute Gasteiger partial charge is 0.380 e. The van der Waals surface area contributed by atoms with Crippen molar-refractivity contribution in [3.05, 3.63) is 21.9 Å². The van der Waals surface area contributed by atoms with E-state index in [0.717, 1.165) is 26.2 Å². The van der Waals surface area contributed by atoms with E-state index in [1.807, 2.05) is 6.92 Å². The molecule has 1 rings (SSSR count). The predicted octanol–water partition coefficient (Wildman–Crippen LogP) is 3.13. The van der Waals surface area contributed by atoms with Gasteiger partial charge in [0.15, 0.2) is 0 Å². The van der Waals surface area contributed by atoms with Crippen molar-refractivity contribution in [1.29, 1.82) is 0 Å². The molecule has 86 valence electrons. The van der Waals surface area contributed by atoms with Crippen LogP contribution in [0.1, 0.15) is 36.8 Å². The first-order valence-electron chi connectivity index (χ1n) is 5.64. The number of hydrogen-bond donors (Lipinski definition) is 1. The molecule has 0 aliphatic carbocycles. The van der Waals surface area contributed by atoms with Gasteiger partial charge in [-0.1, -0.05) is 6.92 Å². The van der Waals surface area contributed by atoms with Crippen LogP contribution in [0.25, 0.3) is 0 Å². The Hall–Kier alpha value is -0.380. The maximum atomic E-state index is 5.51. The molecule has 0 bridgehead atoms. The van der Waals surface area contributed by atoms with Gasteiger partial charge >= 0.3 is 0 Å². The highest BCUT2D eigenvalue weighted by Gasteiger charge is 2.13. The Morgan fingerprint density at radius 2 is 2.27 bits per heavy atom. The summed E-state index contributed by atoms with van der Waals surface area (Å²) in [5.74, 6) is 0. The first kappa shape index (κ1) is 12.7. The fourth-order valence-electron chi connectivity index (χ4n) is 1.57. The molecule has 0 fully saturated rings. The molecule has 0 saturated carbocycles. The van der Waals surface area contributed by atoms with E-state index < -0.39 is 0 Å². The molecule has 3 heteroatoms. The summed E-state index contributed by atoms with van der Waals surface area (Å²) in [5.41, 5.74) is 1.39. The van der Waals surface area contributed by atoms with Crippen molar-refractivity contribution in [3.8, 4) is 0 Å². The summed E-state index contributed by atoms with van der Waals surface area (Å²) in [6, 6.07) is 2.56. The van der Waals surface area contributed by atoms with E-state index in [1.165, 1.54) is 10.4 Å². The third kappa shape index (κ3) is 3.93. The zero-order valence-electron chi connectivity index (χ0n) is 9.88. The Labute approximate surface area is 96.7 Å². The van der Waals surface area contributed by atoms with E-state index in [1.54, 1.807) is 11.3 Å². The first-order valence-corrected chi connectivity index (χ1v) is 6.52. The molecule has 1 N–H and O–H groups in total. The molecule has 1 atom stereocenters. The quantitative estimate of drug-likeness (QED) is 0.772. The summed E-state index contributed by atoms with van der Waals surface area (Å²) < 4.78 is 5.51. The van der Waals surface area contributed by atoms with Crippen LogP contribution in [0.15, 0.2) is 11.4 Å². The van der Waals surface area contributed by atoms with Crippen LogP contribution >= 0.6 is 11.3 Å². The molecule has 0 aromatic carbocycles. The molecule has 0 amide bonds. The monoisotopic (exact) mass is 227 g/mol. The van der Waals surface area contributed by atoms with Gasteiger partial charge in [0.05, 0.1) is 12.6 Å². The summed E-state index contributed by atoms with van der Waals surface area (Å²) in [7, 11) is 0. The molecule has 1 aromatic rings. The number of hydrogen-bond acceptors (Lipinski definition) is 3. The smallest absolute Gasteiger partial charge is 0.0661 e. The molecule has 1 aromatic heterocycles. The van der Waals surface area contributed by atoms with E-state index in [4.69, 9.17) is 4.74 Å². The van der Waals surface area contributed by atoms with Crippen LogP contribution in [0.2, 0.25) is 0 Å². The van der Waals surface area contributed by atoms with Crippen LogP contribution < -0.4 is 5.32 Å². The third-order valence-electron chi connectivity index (χ3n) is 2.40. The van der Waals surface area contributed by atoms with Crippen LogP contribution in [0.4, 0.5) is 0 Å². The fraction of sp³-hybridized carbons (Fsp3) is 0.667. The van der Waals surface area contributed by atoms with Crippen LogP contribution in [0, 0.1) is 6.92 Å². The van der Waals surface area contributed by atoms with Gasteiger partial charge in [0.2, 0.25) is 0 Å². The summed E-state index contributed by atoms with van der Waals surface area (Å²) in [6.07, 6.45) is 1.16. The lowest BCUT2D eigenvalue weighted by molar-refractivity contribution is 0.123. The van der Waals surface area contributed by atoms with Crippen molar-refractivity contribution in [2.24, 2.45) is 0 Å². The number of aryl methyl sites for hydroxylation is 1. The van der Waals surface area contributed by atoms with Gasteiger partial charge in [0.1, 0.15) is 0 Å². The molecule has 0 spiro atoms. The third-order valence-corrected chi connectivity index (χ3v) is 3.27. The number of nitrogens with one attached hydrogen (secondary N) is 1. The van der Waals surface area contributed by atoms with Crippen LogP contribution in [0.3, 0.4) is 0 Å². The zero-order chi connectivity index (χ0) is 11.1. The van der Waals surface area contributed by atoms with Gasteiger partial charge in [-0.05, 0) is 43.8 Å². The lowest BCUT2D eigenvalue weighted by atomic mass is 10.1. The van der Waals surface area contributed by atoms with Gasteiger partial charge < -0.3 is 10.1 Å². The minimum absolute atomic E-state index is 0.358. The Kier molecular flexibility index (Phi) is 5.91. The Balaban J connectivity index is 2.58. The second kappa shape index (κ2) is 6.99. The molecule has 1 heterocycles. The van der Waals surface area contributed by atoms with Crippen LogP contribution in [-0.2, 0) is 4.74 Å². The molecule has 0 radical (unpaired) electrons. The molecule has 15 heavy (non-hydrogen) atoms. The number of thiophene rings is 1.